The molecule has 0 bridgehead atoms. The summed E-state index contributed by atoms with van der Waals surface area (Å²) >= 11 is 0. The largest absolute Gasteiger partial charge is 0.492 e. The SMILES string of the molecule is CN=C(NCCCN1CCC(C)CC1)NCc1ccccc1OCCN(C)C.I. The summed E-state index contributed by atoms with van der Waals surface area (Å²) in [5.41, 5.74) is 1.15. The number of likely N-dealkylation sites (tertiary alicyclic amines) is 1. The molecule has 0 radical (unpaired) electrons. The number of guanidine groups is 1. The number of piperidine rings is 1. The Balaban J connectivity index is 0.00000420. The minimum absolute atomic E-state index is 0. The highest BCUT2D eigenvalue weighted by Gasteiger charge is 2.14. The summed E-state index contributed by atoms with van der Waals surface area (Å²) in [5, 5.41) is 6.83. The van der Waals surface area contributed by atoms with Crippen LogP contribution >= 0.6 is 24.0 Å². The molecule has 1 aliphatic heterocycles. The first kappa shape index (κ1) is 26.0. The van der Waals surface area contributed by atoms with Gasteiger partial charge in [-0.25, -0.2) is 0 Å². The van der Waals surface area contributed by atoms with Crippen LogP contribution < -0.4 is 15.4 Å². The number of likely N-dealkylation sites (N-methyl/N-ethyl adjacent to an activating group) is 1. The highest BCUT2D eigenvalue weighted by atomic mass is 127. The van der Waals surface area contributed by atoms with E-state index in [0.717, 1.165) is 42.7 Å². The topological polar surface area (TPSA) is 52.1 Å². The molecule has 0 aromatic heterocycles. The Labute approximate surface area is 194 Å². The van der Waals surface area contributed by atoms with Gasteiger partial charge in [0.2, 0.25) is 0 Å². The van der Waals surface area contributed by atoms with Crippen LogP contribution in [0.2, 0.25) is 0 Å². The molecule has 0 aliphatic carbocycles. The third-order valence-electron chi connectivity index (χ3n) is 5.26. The lowest BCUT2D eigenvalue weighted by atomic mass is 9.99. The summed E-state index contributed by atoms with van der Waals surface area (Å²) in [6.07, 6.45) is 3.82. The van der Waals surface area contributed by atoms with Gasteiger partial charge in [0.15, 0.2) is 5.96 Å². The third-order valence-corrected chi connectivity index (χ3v) is 5.26. The van der Waals surface area contributed by atoms with Crippen molar-refractivity contribution in [3.8, 4) is 5.75 Å². The smallest absolute Gasteiger partial charge is 0.191 e. The van der Waals surface area contributed by atoms with E-state index >= 15 is 0 Å². The number of nitrogens with zero attached hydrogens (tertiary/aromatic N) is 3. The lowest BCUT2D eigenvalue weighted by molar-refractivity contribution is 0.191. The zero-order valence-electron chi connectivity index (χ0n) is 18.6. The standard InChI is InChI=1S/C22H39N5O.HI/c1-19-10-14-27(15-11-19)13-7-12-24-22(23-2)25-18-20-8-5-6-9-21(20)28-17-16-26(3)4;/h5-6,8-9,19H,7,10-18H2,1-4H3,(H2,23,24,25);1H. The molecule has 0 amide bonds. The minimum atomic E-state index is 0. The van der Waals surface area contributed by atoms with Crippen LogP contribution in [0.4, 0.5) is 0 Å². The van der Waals surface area contributed by atoms with Crippen molar-refractivity contribution >= 4 is 29.9 Å². The Morgan fingerprint density at radius 3 is 2.62 bits per heavy atom. The van der Waals surface area contributed by atoms with Crippen molar-refractivity contribution in [3.05, 3.63) is 29.8 Å². The van der Waals surface area contributed by atoms with Gasteiger partial charge in [-0.05, 0) is 65.0 Å². The Morgan fingerprint density at radius 2 is 1.93 bits per heavy atom. The molecule has 0 spiro atoms. The van der Waals surface area contributed by atoms with Crippen LogP contribution in [0, 0.1) is 5.92 Å². The molecule has 166 valence electrons. The summed E-state index contributed by atoms with van der Waals surface area (Å²) in [5.74, 6) is 2.68. The van der Waals surface area contributed by atoms with E-state index in [1.807, 2.05) is 25.2 Å². The van der Waals surface area contributed by atoms with Gasteiger partial charge in [0.05, 0.1) is 0 Å². The Kier molecular flexibility index (Phi) is 13.3. The Bertz CT molecular complexity index is 588. The average Bonchev–Trinajstić information content (AvgIpc) is 2.69. The fourth-order valence-electron chi connectivity index (χ4n) is 3.32. The first-order valence-corrected chi connectivity index (χ1v) is 10.6. The molecule has 2 rings (SSSR count). The van der Waals surface area contributed by atoms with E-state index in [-0.39, 0.29) is 24.0 Å². The molecule has 1 aromatic rings. The quantitative estimate of drug-likeness (QED) is 0.216. The van der Waals surface area contributed by atoms with Crippen molar-refractivity contribution in [2.45, 2.75) is 32.7 Å². The Hall–Kier alpha value is -1.06. The zero-order valence-corrected chi connectivity index (χ0v) is 20.9. The average molecular weight is 518 g/mol. The third kappa shape index (κ3) is 10.5. The van der Waals surface area contributed by atoms with Gasteiger partial charge in [0, 0.05) is 32.2 Å². The van der Waals surface area contributed by atoms with Crippen LogP contribution in [0.15, 0.2) is 29.3 Å². The maximum atomic E-state index is 5.94. The molecule has 7 heteroatoms. The van der Waals surface area contributed by atoms with Crippen molar-refractivity contribution in [1.29, 1.82) is 0 Å². The second-order valence-corrected chi connectivity index (χ2v) is 7.99. The number of hydrogen-bond donors (Lipinski definition) is 2. The van der Waals surface area contributed by atoms with Gasteiger partial charge in [0.25, 0.3) is 0 Å². The summed E-state index contributed by atoms with van der Waals surface area (Å²) in [6.45, 7) is 9.25. The number of benzene rings is 1. The van der Waals surface area contributed by atoms with Crippen LogP contribution in [0.25, 0.3) is 0 Å². The molecule has 6 nitrogen and oxygen atoms in total. The molecule has 1 aliphatic rings. The number of rotatable bonds is 10. The molecule has 1 aromatic carbocycles. The second-order valence-electron chi connectivity index (χ2n) is 7.99. The van der Waals surface area contributed by atoms with Gasteiger partial charge in [-0.15, -0.1) is 24.0 Å². The number of hydrogen-bond acceptors (Lipinski definition) is 4. The number of nitrogens with one attached hydrogen (secondary N) is 2. The first-order chi connectivity index (χ1) is 13.6. The molecule has 2 N–H and O–H groups in total. The zero-order chi connectivity index (χ0) is 20.2. The number of para-hydroxylation sites is 1. The minimum Gasteiger partial charge on any atom is -0.492 e. The molecule has 1 saturated heterocycles. The van der Waals surface area contributed by atoms with E-state index in [1.54, 1.807) is 0 Å². The van der Waals surface area contributed by atoms with Gasteiger partial charge in [-0.1, -0.05) is 25.1 Å². The summed E-state index contributed by atoms with van der Waals surface area (Å²) in [4.78, 5) is 9.05. The van der Waals surface area contributed by atoms with Gasteiger partial charge in [-0.2, -0.15) is 0 Å². The maximum absolute atomic E-state index is 5.94. The lowest BCUT2D eigenvalue weighted by Gasteiger charge is -2.30. The summed E-state index contributed by atoms with van der Waals surface area (Å²) in [7, 11) is 5.93. The van der Waals surface area contributed by atoms with E-state index in [9.17, 15) is 0 Å². The van der Waals surface area contributed by atoms with Crippen molar-refractivity contribution in [3.63, 3.8) is 0 Å². The predicted octanol–water partition coefficient (Wildman–Crippen LogP) is 3.03. The van der Waals surface area contributed by atoms with Crippen molar-refractivity contribution < 1.29 is 4.74 Å². The number of halogens is 1. The van der Waals surface area contributed by atoms with E-state index in [1.165, 1.54) is 32.5 Å². The highest BCUT2D eigenvalue weighted by Crippen LogP contribution is 2.18. The van der Waals surface area contributed by atoms with Crippen LogP contribution in [0.5, 0.6) is 5.75 Å². The van der Waals surface area contributed by atoms with Crippen molar-refractivity contribution in [1.82, 2.24) is 20.4 Å². The van der Waals surface area contributed by atoms with Crippen LogP contribution in [-0.4, -0.2) is 76.2 Å². The lowest BCUT2D eigenvalue weighted by Crippen LogP contribution is -2.39. The fourth-order valence-corrected chi connectivity index (χ4v) is 3.32. The van der Waals surface area contributed by atoms with E-state index in [4.69, 9.17) is 4.74 Å². The molecule has 0 unspecified atom stereocenters. The second kappa shape index (κ2) is 14.8. The number of aliphatic imine (C=N–C) groups is 1. The highest BCUT2D eigenvalue weighted by molar-refractivity contribution is 14.0. The molecule has 0 atom stereocenters. The van der Waals surface area contributed by atoms with Crippen LogP contribution in [0.1, 0.15) is 31.7 Å². The van der Waals surface area contributed by atoms with Crippen LogP contribution in [0.3, 0.4) is 0 Å². The molecule has 1 heterocycles. The van der Waals surface area contributed by atoms with E-state index in [2.05, 4.69) is 52.5 Å². The van der Waals surface area contributed by atoms with Gasteiger partial charge < -0.3 is 25.2 Å². The molecule has 29 heavy (non-hydrogen) atoms. The number of ether oxygens (including phenoxy) is 1. The molecular weight excluding hydrogens is 477 g/mol. The fraction of sp³-hybridized carbons (Fsp3) is 0.682. The van der Waals surface area contributed by atoms with Gasteiger partial charge >= 0.3 is 0 Å². The van der Waals surface area contributed by atoms with Crippen LogP contribution in [-0.2, 0) is 6.54 Å². The van der Waals surface area contributed by atoms with E-state index < -0.39 is 0 Å². The Morgan fingerprint density at radius 1 is 1.21 bits per heavy atom. The monoisotopic (exact) mass is 517 g/mol. The van der Waals surface area contributed by atoms with Crippen molar-refractivity contribution in [2.75, 3.05) is 60.5 Å². The maximum Gasteiger partial charge on any atom is 0.191 e. The summed E-state index contributed by atoms with van der Waals surface area (Å²) in [6, 6.07) is 8.19. The molecule has 1 fully saturated rings. The predicted molar refractivity (Wildman–Crippen MR) is 134 cm³/mol. The molecule has 0 saturated carbocycles. The van der Waals surface area contributed by atoms with E-state index in [0.29, 0.717) is 13.2 Å². The molecular formula is C22H40IN5O. The van der Waals surface area contributed by atoms with Gasteiger partial charge in [0.1, 0.15) is 12.4 Å². The first-order valence-electron chi connectivity index (χ1n) is 10.6. The van der Waals surface area contributed by atoms with Crippen molar-refractivity contribution in [2.24, 2.45) is 10.9 Å². The normalized spacial score (nSPS) is 15.8. The van der Waals surface area contributed by atoms with Gasteiger partial charge in [-0.3, -0.25) is 4.99 Å². The summed E-state index contributed by atoms with van der Waals surface area (Å²) < 4.78 is 5.94.